The summed E-state index contributed by atoms with van der Waals surface area (Å²) in [6, 6.07) is -0.422. The molecule has 0 fully saturated rings. The molecule has 0 aliphatic rings. The first-order chi connectivity index (χ1) is 6.81. The lowest BCUT2D eigenvalue weighted by Gasteiger charge is -2.20. The van der Waals surface area contributed by atoms with Crippen LogP contribution in [0.25, 0.3) is 0 Å². The molecule has 2 atom stereocenters. The van der Waals surface area contributed by atoms with Crippen molar-refractivity contribution in [1.82, 2.24) is 5.32 Å². The van der Waals surface area contributed by atoms with Crippen LogP contribution in [0.3, 0.4) is 0 Å². The second-order valence-electron chi connectivity index (χ2n) is 3.86. The molecular weight excluding hydrogens is 198 g/mol. The summed E-state index contributed by atoms with van der Waals surface area (Å²) >= 11 is 0. The fourth-order valence-electron chi connectivity index (χ4n) is 1.21. The Hall–Kier alpha value is -1.14. The number of aliphatic carboxylic acids is 1. The van der Waals surface area contributed by atoms with Crippen LogP contribution < -0.4 is 16.8 Å². The molecule has 0 radical (unpaired) electrons. The van der Waals surface area contributed by atoms with Crippen LogP contribution >= 0.6 is 0 Å². The highest BCUT2D eigenvalue weighted by Gasteiger charge is 2.27. The highest BCUT2D eigenvalue weighted by Crippen LogP contribution is 2.12. The zero-order chi connectivity index (χ0) is 12.1. The first kappa shape index (κ1) is 13.9. The maximum atomic E-state index is 10.8. The SMILES string of the molecule is CNC(CCCC(C)(N)C(=O)O)C(N)=O. The number of carboxylic acid groups (broad SMARTS) is 1. The predicted octanol–water partition coefficient (Wildman–Crippen LogP) is -0.968. The van der Waals surface area contributed by atoms with Gasteiger partial charge >= 0.3 is 5.97 Å². The van der Waals surface area contributed by atoms with E-state index in [1.807, 2.05) is 0 Å². The molecule has 0 aromatic carbocycles. The largest absolute Gasteiger partial charge is 0.480 e. The second-order valence-corrected chi connectivity index (χ2v) is 3.86. The number of rotatable bonds is 7. The molecule has 0 heterocycles. The van der Waals surface area contributed by atoms with Crippen molar-refractivity contribution < 1.29 is 14.7 Å². The van der Waals surface area contributed by atoms with E-state index in [1.54, 1.807) is 7.05 Å². The molecule has 15 heavy (non-hydrogen) atoms. The quantitative estimate of drug-likeness (QED) is 0.437. The van der Waals surface area contributed by atoms with E-state index in [0.717, 1.165) is 0 Å². The number of hydrogen-bond donors (Lipinski definition) is 4. The molecule has 6 heteroatoms. The Morgan fingerprint density at radius 3 is 2.40 bits per heavy atom. The van der Waals surface area contributed by atoms with Gasteiger partial charge in [0, 0.05) is 0 Å². The molecule has 0 spiro atoms. The summed E-state index contributed by atoms with van der Waals surface area (Å²) in [6.45, 7) is 1.45. The van der Waals surface area contributed by atoms with E-state index in [9.17, 15) is 9.59 Å². The smallest absolute Gasteiger partial charge is 0.323 e. The monoisotopic (exact) mass is 217 g/mol. The zero-order valence-corrected chi connectivity index (χ0v) is 9.12. The molecule has 1 amide bonds. The van der Waals surface area contributed by atoms with Crippen LogP contribution in [0, 0.1) is 0 Å². The van der Waals surface area contributed by atoms with Gasteiger partial charge in [-0.15, -0.1) is 0 Å². The third-order valence-corrected chi connectivity index (χ3v) is 2.37. The van der Waals surface area contributed by atoms with Crippen molar-refractivity contribution in [3.63, 3.8) is 0 Å². The van der Waals surface area contributed by atoms with Crippen LogP contribution in [0.15, 0.2) is 0 Å². The lowest BCUT2D eigenvalue weighted by atomic mass is 9.95. The van der Waals surface area contributed by atoms with Crippen molar-refractivity contribution in [2.45, 2.75) is 37.8 Å². The van der Waals surface area contributed by atoms with E-state index in [4.69, 9.17) is 16.6 Å². The van der Waals surface area contributed by atoms with Crippen LogP contribution in [-0.4, -0.2) is 35.6 Å². The molecule has 0 saturated carbocycles. The first-order valence-corrected chi connectivity index (χ1v) is 4.80. The molecule has 0 bridgehead atoms. The maximum Gasteiger partial charge on any atom is 0.323 e. The van der Waals surface area contributed by atoms with Gasteiger partial charge in [0.2, 0.25) is 5.91 Å². The Morgan fingerprint density at radius 1 is 1.53 bits per heavy atom. The van der Waals surface area contributed by atoms with Gasteiger partial charge < -0.3 is 21.9 Å². The van der Waals surface area contributed by atoms with Crippen molar-refractivity contribution >= 4 is 11.9 Å². The van der Waals surface area contributed by atoms with E-state index in [2.05, 4.69) is 5.32 Å². The number of hydrogen-bond acceptors (Lipinski definition) is 4. The minimum atomic E-state index is -1.24. The van der Waals surface area contributed by atoms with E-state index in [0.29, 0.717) is 19.3 Å². The van der Waals surface area contributed by atoms with E-state index >= 15 is 0 Å². The van der Waals surface area contributed by atoms with Gasteiger partial charge in [-0.2, -0.15) is 0 Å². The molecular formula is C9H19N3O3. The van der Waals surface area contributed by atoms with Crippen LogP contribution in [0.2, 0.25) is 0 Å². The Bertz CT molecular complexity index is 241. The molecule has 88 valence electrons. The van der Waals surface area contributed by atoms with E-state index < -0.39 is 23.5 Å². The zero-order valence-electron chi connectivity index (χ0n) is 9.12. The summed E-state index contributed by atoms with van der Waals surface area (Å²) in [5.74, 6) is -1.48. The van der Waals surface area contributed by atoms with Gasteiger partial charge in [-0.1, -0.05) is 0 Å². The Labute approximate surface area is 89.0 Å². The Kier molecular flexibility index (Phi) is 5.24. The molecule has 0 aromatic heterocycles. The second kappa shape index (κ2) is 5.67. The fraction of sp³-hybridized carbons (Fsp3) is 0.778. The average Bonchev–Trinajstić information content (AvgIpc) is 2.11. The predicted molar refractivity (Wildman–Crippen MR) is 56.1 cm³/mol. The Balaban J connectivity index is 3.98. The van der Waals surface area contributed by atoms with Crippen LogP contribution in [0.5, 0.6) is 0 Å². The summed E-state index contributed by atoms with van der Waals surface area (Å²) in [5.41, 5.74) is 9.39. The lowest BCUT2D eigenvalue weighted by molar-refractivity contribution is -0.142. The van der Waals surface area contributed by atoms with E-state index in [-0.39, 0.29) is 0 Å². The highest BCUT2D eigenvalue weighted by atomic mass is 16.4. The third kappa shape index (κ3) is 4.75. The number of carboxylic acids is 1. The average molecular weight is 217 g/mol. The molecule has 6 nitrogen and oxygen atoms in total. The summed E-state index contributed by atoms with van der Waals surface area (Å²) in [6.07, 6.45) is 1.34. The third-order valence-electron chi connectivity index (χ3n) is 2.37. The minimum Gasteiger partial charge on any atom is -0.480 e. The number of primary amides is 1. The van der Waals surface area contributed by atoms with Gasteiger partial charge in [-0.05, 0) is 33.2 Å². The van der Waals surface area contributed by atoms with Crippen LogP contribution in [0.1, 0.15) is 26.2 Å². The fourth-order valence-corrected chi connectivity index (χ4v) is 1.21. The molecule has 0 aliphatic heterocycles. The number of likely N-dealkylation sites (N-methyl/N-ethyl adjacent to an activating group) is 1. The number of nitrogens with two attached hydrogens (primary N) is 2. The van der Waals surface area contributed by atoms with Gasteiger partial charge in [-0.3, -0.25) is 9.59 Å². The molecule has 0 aromatic rings. The number of carbonyl (C=O) groups is 2. The van der Waals surface area contributed by atoms with Crippen molar-refractivity contribution in [3.05, 3.63) is 0 Å². The molecule has 6 N–H and O–H groups in total. The van der Waals surface area contributed by atoms with E-state index in [1.165, 1.54) is 6.92 Å². The van der Waals surface area contributed by atoms with Crippen molar-refractivity contribution in [1.29, 1.82) is 0 Å². The summed E-state index contributed by atoms with van der Waals surface area (Å²) in [4.78, 5) is 21.5. The van der Waals surface area contributed by atoms with Gasteiger partial charge in [-0.25, -0.2) is 0 Å². The topological polar surface area (TPSA) is 118 Å². The molecule has 0 rings (SSSR count). The number of amides is 1. The number of carbonyl (C=O) groups excluding carboxylic acids is 1. The van der Waals surface area contributed by atoms with Crippen LogP contribution in [-0.2, 0) is 9.59 Å². The van der Waals surface area contributed by atoms with Crippen molar-refractivity contribution in [2.75, 3.05) is 7.05 Å². The molecule has 0 aliphatic carbocycles. The van der Waals surface area contributed by atoms with Crippen molar-refractivity contribution in [3.8, 4) is 0 Å². The van der Waals surface area contributed by atoms with Crippen LogP contribution in [0.4, 0.5) is 0 Å². The Morgan fingerprint density at radius 2 is 2.07 bits per heavy atom. The van der Waals surface area contributed by atoms with Gasteiger partial charge in [0.05, 0.1) is 6.04 Å². The maximum absolute atomic E-state index is 10.8. The van der Waals surface area contributed by atoms with Crippen molar-refractivity contribution in [2.24, 2.45) is 11.5 Å². The molecule has 2 unspecified atom stereocenters. The van der Waals surface area contributed by atoms with Gasteiger partial charge in [0.1, 0.15) is 5.54 Å². The summed E-state index contributed by atoms with van der Waals surface area (Å²) < 4.78 is 0. The number of nitrogens with one attached hydrogen (secondary N) is 1. The standard InChI is InChI=1S/C9H19N3O3/c1-9(11,8(14)15)5-3-4-6(12-2)7(10)13/h6,12H,3-5,11H2,1-2H3,(H2,10,13)(H,14,15). The van der Waals surface area contributed by atoms with Gasteiger partial charge in [0.25, 0.3) is 0 Å². The van der Waals surface area contributed by atoms with Gasteiger partial charge in [0.15, 0.2) is 0 Å². The lowest BCUT2D eigenvalue weighted by Crippen LogP contribution is -2.45. The minimum absolute atomic E-state index is 0.313. The highest BCUT2D eigenvalue weighted by molar-refractivity contribution is 5.80. The molecule has 0 saturated heterocycles. The summed E-state index contributed by atoms with van der Waals surface area (Å²) in [5, 5.41) is 11.5. The summed E-state index contributed by atoms with van der Waals surface area (Å²) in [7, 11) is 1.63. The first-order valence-electron chi connectivity index (χ1n) is 4.80. The normalized spacial score (nSPS) is 16.7.